The van der Waals surface area contributed by atoms with Crippen molar-refractivity contribution < 1.29 is 9.90 Å². The van der Waals surface area contributed by atoms with Crippen LogP contribution in [-0.4, -0.2) is 35.1 Å². The van der Waals surface area contributed by atoms with Crippen molar-refractivity contribution in [1.82, 2.24) is 4.90 Å². The molecule has 0 spiro atoms. The molecule has 0 aromatic rings. The molecular weight excluding hydrogens is 190 g/mol. The zero-order valence-electron chi connectivity index (χ0n) is 9.28. The minimum absolute atomic E-state index is 0.154. The highest BCUT2D eigenvalue weighted by Crippen LogP contribution is 2.13. The van der Waals surface area contributed by atoms with Crippen LogP contribution in [0.1, 0.15) is 13.3 Å². The van der Waals surface area contributed by atoms with E-state index in [1.807, 2.05) is 11.8 Å². The zero-order valence-corrected chi connectivity index (χ0v) is 9.28. The first-order valence-electron chi connectivity index (χ1n) is 4.96. The zero-order chi connectivity index (χ0) is 11.8. The molecule has 1 unspecified atom stereocenters. The van der Waals surface area contributed by atoms with Crippen LogP contribution >= 0.6 is 0 Å². The largest absolute Gasteiger partial charge is 0.478 e. The Hall–Kier alpha value is -1.35. The SMILES string of the molecule is C=CCN(CC=C)C(CC)C(=C)C(=O)O. The Morgan fingerprint density at radius 3 is 2.13 bits per heavy atom. The second kappa shape index (κ2) is 7.01. The summed E-state index contributed by atoms with van der Waals surface area (Å²) in [5.74, 6) is -0.944. The van der Waals surface area contributed by atoms with Crippen molar-refractivity contribution in [1.29, 1.82) is 0 Å². The van der Waals surface area contributed by atoms with Gasteiger partial charge in [-0.1, -0.05) is 25.7 Å². The van der Waals surface area contributed by atoms with E-state index < -0.39 is 5.97 Å². The number of nitrogens with zero attached hydrogens (tertiary/aromatic N) is 1. The molecule has 3 heteroatoms. The fourth-order valence-corrected chi connectivity index (χ4v) is 1.53. The van der Waals surface area contributed by atoms with Crippen molar-refractivity contribution in [2.45, 2.75) is 19.4 Å². The molecule has 0 aliphatic heterocycles. The second-order valence-electron chi connectivity index (χ2n) is 3.29. The average molecular weight is 209 g/mol. The van der Waals surface area contributed by atoms with Crippen LogP contribution in [0.15, 0.2) is 37.5 Å². The van der Waals surface area contributed by atoms with Gasteiger partial charge in [-0.25, -0.2) is 4.79 Å². The van der Waals surface area contributed by atoms with E-state index in [1.54, 1.807) is 12.2 Å². The number of carboxylic acids is 1. The Morgan fingerprint density at radius 2 is 1.87 bits per heavy atom. The van der Waals surface area contributed by atoms with Gasteiger partial charge in [0.1, 0.15) is 0 Å². The smallest absolute Gasteiger partial charge is 0.332 e. The van der Waals surface area contributed by atoms with Crippen molar-refractivity contribution in [3.63, 3.8) is 0 Å². The molecule has 15 heavy (non-hydrogen) atoms. The third kappa shape index (κ3) is 4.13. The molecule has 84 valence electrons. The molecule has 0 rings (SSSR count). The molecule has 0 aliphatic carbocycles. The molecule has 0 saturated heterocycles. The lowest BCUT2D eigenvalue weighted by atomic mass is 10.0. The predicted molar refractivity (Wildman–Crippen MR) is 62.8 cm³/mol. The van der Waals surface area contributed by atoms with E-state index in [-0.39, 0.29) is 11.6 Å². The Balaban J connectivity index is 4.70. The number of carbonyl (C=O) groups is 1. The van der Waals surface area contributed by atoms with Crippen LogP contribution in [0.2, 0.25) is 0 Å². The van der Waals surface area contributed by atoms with E-state index in [0.717, 1.165) is 0 Å². The van der Waals surface area contributed by atoms with Crippen molar-refractivity contribution >= 4 is 5.97 Å². The summed E-state index contributed by atoms with van der Waals surface area (Å²) in [6.45, 7) is 14.1. The molecule has 0 aromatic heterocycles. The third-order valence-corrected chi connectivity index (χ3v) is 2.23. The lowest BCUT2D eigenvalue weighted by Gasteiger charge is -2.28. The molecule has 1 atom stereocenters. The van der Waals surface area contributed by atoms with E-state index in [9.17, 15) is 4.79 Å². The first-order chi connectivity index (χ1) is 7.08. The van der Waals surface area contributed by atoms with Gasteiger partial charge in [0.2, 0.25) is 0 Å². The summed E-state index contributed by atoms with van der Waals surface area (Å²) in [5, 5.41) is 8.89. The fourth-order valence-electron chi connectivity index (χ4n) is 1.53. The van der Waals surface area contributed by atoms with Crippen LogP contribution in [0.3, 0.4) is 0 Å². The van der Waals surface area contributed by atoms with Gasteiger partial charge in [-0.15, -0.1) is 13.2 Å². The van der Waals surface area contributed by atoms with Gasteiger partial charge in [0.05, 0.1) is 0 Å². The number of hydrogen-bond acceptors (Lipinski definition) is 2. The summed E-state index contributed by atoms with van der Waals surface area (Å²) in [6.07, 6.45) is 4.22. The predicted octanol–water partition coefficient (Wildman–Crippen LogP) is 2.08. The van der Waals surface area contributed by atoms with Crippen LogP contribution in [0.5, 0.6) is 0 Å². The first kappa shape index (κ1) is 13.7. The lowest BCUT2D eigenvalue weighted by Crippen LogP contribution is -2.38. The van der Waals surface area contributed by atoms with Gasteiger partial charge in [0.25, 0.3) is 0 Å². The Labute approximate surface area is 91.4 Å². The van der Waals surface area contributed by atoms with Crippen molar-refractivity contribution in [3.8, 4) is 0 Å². The molecule has 0 aromatic carbocycles. The molecule has 0 radical (unpaired) electrons. The number of aliphatic carboxylic acids is 1. The van der Waals surface area contributed by atoms with Gasteiger partial charge in [0, 0.05) is 24.7 Å². The first-order valence-corrected chi connectivity index (χ1v) is 4.96. The molecule has 1 N–H and O–H groups in total. The maximum Gasteiger partial charge on any atom is 0.332 e. The third-order valence-electron chi connectivity index (χ3n) is 2.23. The summed E-state index contributed by atoms with van der Waals surface area (Å²) in [5.41, 5.74) is 0.223. The number of carboxylic acid groups (broad SMARTS) is 1. The summed E-state index contributed by atoms with van der Waals surface area (Å²) >= 11 is 0. The molecule has 3 nitrogen and oxygen atoms in total. The van der Waals surface area contributed by atoms with E-state index in [1.165, 1.54) is 0 Å². The highest BCUT2D eigenvalue weighted by atomic mass is 16.4. The lowest BCUT2D eigenvalue weighted by molar-refractivity contribution is -0.133. The molecule has 0 heterocycles. The quantitative estimate of drug-likeness (QED) is 0.491. The minimum atomic E-state index is -0.944. The average Bonchev–Trinajstić information content (AvgIpc) is 2.19. The monoisotopic (exact) mass is 209 g/mol. The number of hydrogen-bond donors (Lipinski definition) is 1. The van der Waals surface area contributed by atoms with Crippen LogP contribution in [-0.2, 0) is 4.79 Å². The normalized spacial score (nSPS) is 12.1. The Bertz CT molecular complexity index is 248. The second-order valence-corrected chi connectivity index (χ2v) is 3.29. The van der Waals surface area contributed by atoms with Crippen molar-refractivity contribution in [2.24, 2.45) is 0 Å². The van der Waals surface area contributed by atoms with Gasteiger partial charge < -0.3 is 5.11 Å². The van der Waals surface area contributed by atoms with E-state index >= 15 is 0 Å². The summed E-state index contributed by atoms with van der Waals surface area (Å²) in [4.78, 5) is 12.8. The highest BCUT2D eigenvalue weighted by Gasteiger charge is 2.21. The van der Waals surface area contributed by atoms with Gasteiger partial charge in [-0.3, -0.25) is 4.90 Å². The summed E-state index contributed by atoms with van der Waals surface area (Å²) < 4.78 is 0. The van der Waals surface area contributed by atoms with Crippen LogP contribution in [0.25, 0.3) is 0 Å². The van der Waals surface area contributed by atoms with Gasteiger partial charge in [0.15, 0.2) is 0 Å². The van der Waals surface area contributed by atoms with E-state index in [0.29, 0.717) is 19.5 Å². The van der Waals surface area contributed by atoms with Gasteiger partial charge in [-0.2, -0.15) is 0 Å². The van der Waals surface area contributed by atoms with Gasteiger partial charge in [-0.05, 0) is 6.42 Å². The standard InChI is InChI=1S/C12H19NO2/c1-5-8-13(9-6-2)11(7-3)10(4)12(14)15/h5-6,11H,1-2,4,7-9H2,3H3,(H,14,15). The van der Waals surface area contributed by atoms with Crippen LogP contribution < -0.4 is 0 Å². The molecule has 0 aliphatic rings. The summed E-state index contributed by atoms with van der Waals surface area (Å²) in [7, 11) is 0. The molecule has 0 saturated carbocycles. The van der Waals surface area contributed by atoms with Crippen molar-refractivity contribution in [2.75, 3.05) is 13.1 Å². The highest BCUT2D eigenvalue weighted by molar-refractivity contribution is 5.87. The Kier molecular flexibility index (Phi) is 6.38. The molecular formula is C12H19NO2. The summed E-state index contributed by atoms with van der Waals surface area (Å²) in [6, 6.07) is -0.154. The fraction of sp³-hybridized carbons (Fsp3) is 0.417. The molecule has 0 amide bonds. The molecule has 0 fully saturated rings. The minimum Gasteiger partial charge on any atom is -0.478 e. The van der Waals surface area contributed by atoms with Crippen molar-refractivity contribution in [3.05, 3.63) is 37.5 Å². The van der Waals surface area contributed by atoms with Crippen LogP contribution in [0, 0.1) is 0 Å². The topological polar surface area (TPSA) is 40.5 Å². The molecule has 0 bridgehead atoms. The maximum absolute atomic E-state index is 10.8. The van der Waals surface area contributed by atoms with E-state index in [4.69, 9.17) is 5.11 Å². The Morgan fingerprint density at radius 1 is 1.40 bits per heavy atom. The number of rotatable bonds is 8. The van der Waals surface area contributed by atoms with E-state index in [2.05, 4.69) is 19.7 Å². The van der Waals surface area contributed by atoms with Crippen LogP contribution in [0.4, 0.5) is 0 Å². The van der Waals surface area contributed by atoms with Gasteiger partial charge >= 0.3 is 5.97 Å². The maximum atomic E-state index is 10.8.